The number of ether oxygens (including phenoxy) is 2. The van der Waals surface area contributed by atoms with Crippen LogP contribution in [-0.2, 0) is 21.2 Å². The van der Waals surface area contributed by atoms with E-state index in [1.54, 1.807) is 29.3 Å². The summed E-state index contributed by atoms with van der Waals surface area (Å²) in [4.78, 5) is 35.6. The fraction of sp³-hybridized carbons (Fsp3) is 0.404. The van der Waals surface area contributed by atoms with Crippen molar-refractivity contribution in [2.24, 2.45) is 10.4 Å². The Labute approximate surface area is 382 Å². The molecule has 18 heteroatoms. The Balaban J connectivity index is 0.989. The maximum Gasteiger partial charge on any atom is 0.293 e. The van der Waals surface area contributed by atoms with Gasteiger partial charge in [0.15, 0.2) is 5.75 Å². The predicted molar refractivity (Wildman–Crippen MR) is 248 cm³/mol. The van der Waals surface area contributed by atoms with E-state index >= 15 is 0 Å². The Morgan fingerprint density at radius 3 is 2.55 bits per heavy atom. The predicted octanol–water partition coefficient (Wildman–Crippen LogP) is 8.58. The summed E-state index contributed by atoms with van der Waals surface area (Å²) in [5.41, 5.74) is 5.98. The molecule has 8 rings (SSSR count). The Morgan fingerprint density at radius 2 is 1.80 bits per heavy atom. The number of nitrogens with one attached hydrogen (secondary N) is 2. The lowest BCUT2D eigenvalue weighted by Gasteiger charge is -2.39. The van der Waals surface area contributed by atoms with Gasteiger partial charge < -0.3 is 19.7 Å². The highest BCUT2D eigenvalue weighted by molar-refractivity contribution is 7.90. The molecule has 2 N–H and O–H groups in total. The van der Waals surface area contributed by atoms with Crippen LogP contribution in [0.5, 0.6) is 11.5 Å². The third-order valence-electron chi connectivity index (χ3n) is 12.4. The average Bonchev–Trinajstić information content (AvgIpc) is 3.77. The van der Waals surface area contributed by atoms with Crippen LogP contribution in [0.25, 0.3) is 5.57 Å². The van der Waals surface area contributed by atoms with Crippen LogP contribution in [0.1, 0.15) is 54.6 Å². The smallest absolute Gasteiger partial charge is 0.293 e. The number of piperazine rings is 1. The number of nitro benzene ring substituents is 1. The second-order valence-electron chi connectivity index (χ2n) is 17.7. The molecule has 0 radical (unpaired) electrons. The second kappa shape index (κ2) is 19.6. The van der Waals surface area contributed by atoms with E-state index in [0.29, 0.717) is 42.5 Å². The highest BCUT2D eigenvalue weighted by atomic mass is 35.5. The normalized spacial score (nSPS) is 19.0. The molecule has 2 fully saturated rings. The Kier molecular flexibility index (Phi) is 13.9. The van der Waals surface area contributed by atoms with Crippen molar-refractivity contribution in [2.75, 3.05) is 75.7 Å². The zero-order valence-corrected chi connectivity index (χ0v) is 37.8. The van der Waals surface area contributed by atoms with Crippen LogP contribution in [0.2, 0.25) is 5.02 Å². The van der Waals surface area contributed by atoms with Crippen molar-refractivity contribution in [3.8, 4) is 11.5 Å². The molecule has 14 nitrogen and oxygen atoms in total. The summed E-state index contributed by atoms with van der Waals surface area (Å²) < 4.78 is 67.6. The van der Waals surface area contributed by atoms with Gasteiger partial charge in [-0.25, -0.2) is 21.9 Å². The number of amides is 1. The van der Waals surface area contributed by atoms with Gasteiger partial charge in [0.05, 0.1) is 34.6 Å². The standard InChI is InChI=1S/C47H52ClF2N7O7S/c1-47(2)16-14-33(39(26-47)31-6-8-34(48)9-7-31)28-54-18-20-56(21-19-54)35-10-12-38(43(24-35)64-42-5-3-4-32-15-17-51-45(32)42)46(58)53-65(61,62)37-11-13-40(41(25-37)57(59)60)52-27-36-29-55(22-23-63-36)30-44(49)50/h3-13,17,24-25,36,44,52H,14-16,18-23,26-30H2,1-2H3,(H,53,58). The number of nitrogens with zero attached hydrogens (tertiary/aromatic N) is 5. The molecule has 0 bridgehead atoms. The third kappa shape index (κ3) is 11.2. The van der Waals surface area contributed by atoms with E-state index in [0.717, 1.165) is 62.3 Å². The Morgan fingerprint density at radius 1 is 1.02 bits per heavy atom. The van der Waals surface area contributed by atoms with E-state index in [1.807, 2.05) is 24.3 Å². The fourth-order valence-corrected chi connectivity index (χ4v) is 10.0. The van der Waals surface area contributed by atoms with Crippen molar-refractivity contribution in [1.29, 1.82) is 0 Å². The van der Waals surface area contributed by atoms with Gasteiger partial charge in [0, 0.05) is 87.8 Å². The summed E-state index contributed by atoms with van der Waals surface area (Å²) in [6.07, 6.45) is 2.49. The van der Waals surface area contributed by atoms with Gasteiger partial charge in [-0.1, -0.05) is 55.3 Å². The van der Waals surface area contributed by atoms with E-state index in [2.05, 4.69) is 50.8 Å². The molecule has 1 amide bonds. The molecule has 1 unspecified atom stereocenters. The summed E-state index contributed by atoms with van der Waals surface area (Å²) >= 11 is 6.24. The number of sulfonamides is 1. The number of rotatable bonds is 15. The first-order valence-electron chi connectivity index (χ1n) is 21.7. The molecule has 4 aromatic carbocycles. The molecule has 3 aliphatic heterocycles. The topological polar surface area (TPSA) is 159 Å². The first-order valence-corrected chi connectivity index (χ1v) is 23.6. The number of carbonyl (C=O) groups excluding carboxylic acids is 1. The van der Waals surface area contributed by atoms with Crippen molar-refractivity contribution in [1.82, 2.24) is 14.5 Å². The summed E-state index contributed by atoms with van der Waals surface area (Å²) in [6, 6.07) is 21.9. The fourth-order valence-electron chi connectivity index (χ4n) is 8.90. The van der Waals surface area contributed by atoms with E-state index < -0.39 is 50.5 Å². The molecular weight excluding hydrogens is 880 g/mol. The minimum Gasteiger partial charge on any atom is -0.454 e. The summed E-state index contributed by atoms with van der Waals surface area (Å²) in [5, 5.41) is 15.8. The molecule has 344 valence electrons. The molecule has 0 saturated carbocycles. The van der Waals surface area contributed by atoms with E-state index in [9.17, 15) is 32.1 Å². The van der Waals surface area contributed by atoms with Crippen molar-refractivity contribution < 1.29 is 36.4 Å². The van der Waals surface area contributed by atoms with E-state index in [4.69, 9.17) is 21.1 Å². The van der Waals surface area contributed by atoms with Crippen molar-refractivity contribution in [3.05, 3.63) is 116 Å². The van der Waals surface area contributed by atoms with Gasteiger partial charge in [0.2, 0.25) is 0 Å². The summed E-state index contributed by atoms with van der Waals surface area (Å²) in [6.45, 7) is 8.90. The molecule has 0 spiro atoms. The number of alkyl halides is 2. The number of benzene rings is 4. The highest BCUT2D eigenvalue weighted by Crippen LogP contribution is 2.44. The van der Waals surface area contributed by atoms with Crippen LogP contribution in [0.4, 0.5) is 31.5 Å². The summed E-state index contributed by atoms with van der Waals surface area (Å²) in [5.74, 6) is -0.492. The molecule has 4 aromatic rings. The molecular formula is C47H52ClF2N7O7S. The number of fused-ring (bicyclic) bond motifs is 1. The molecule has 1 aliphatic carbocycles. The number of para-hydroxylation sites is 1. The number of nitro groups is 1. The van der Waals surface area contributed by atoms with E-state index in [1.165, 1.54) is 28.8 Å². The van der Waals surface area contributed by atoms with Gasteiger partial charge in [-0.3, -0.25) is 29.7 Å². The minimum atomic E-state index is -4.65. The maximum atomic E-state index is 14.0. The van der Waals surface area contributed by atoms with Gasteiger partial charge in [0.25, 0.3) is 28.0 Å². The van der Waals surface area contributed by atoms with Gasteiger partial charge in [0.1, 0.15) is 17.1 Å². The lowest BCUT2D eigenvalue weighted by molar-refractivity contribution is -0.384. The van der Waals surface area contributed by atoms with Crippen LogP contribution in [0, 0.1) is 15.5 Å². The molecule has 1 atom stereocenters. The van der Waals surface area contributed by atoms with Gasteiger partial charge in [-0.05, 0) is 83.8 Å². The number of hydrogen-bond acceptors (Lipinski definition) is 12. The number of allylic oxidation sites excluding steroid dienone is 1. The minimum absolute atomic E-state index is 0.00201. The average molecular weight is 932 g/mol. The Bertz CT molecular complexity index is 2600. The van der Waals surface area contributed by atoms with Gasteiger partial charge in [-0.15, -0.1) is 0 Å². The lowest BCUT2D eigenvalue weighted by atomic mass is 9.72. The zero-order valence-electron chi connectivity index (χ0n) is 36.3. The van der Waals surface area contributed by atoms with Crippen LogP contribution in [0.3, 0.4) is 0 Å². The van der Waals surface area contributed by atoms with Crippen LogP contribution >= 0.6 is 11.6 Å². The molecule has 3 heterocycles. The number of hydrogen-bond donors (Lipinski definition) is 2. The summed E-state index contributed by atoms with van der Waals surface area (Å²) in [7, 11) is -4.65. The molecule has 65 heavy (non-hydrogen) atoms. The van der Waals surface area contributed by atoms with E-state index in [-0.39, 0.29) is 42.1 Å². The van der Waals surface area contributed by atoms with Crippen molar-refractivity contribution in [3.63, 3.8) is 0 Å². The number of carbonyl (C=O) groups is 1. The first kappa shape index (κ1) is 46.1. The van der Waals surface area contributed by atoms with Crippen LogP contribution < -0.4 is 19.7 Å². The molecule has 2 saturated heterocycles. The van der Waals surface area contributed by atoms with Crippen LogP contribution in [-0.4, -0.2) is 113 Å². The highest BCUT2D eigenvalue weighted by Gasteiger charge is 2.31. The quantitative estimate of drug-likeness (QED) is 0.0869. The van der Waals surface area contributed by atoms with Gasteiger partial charge >= 0.3 is 0 Å². The number of aliphatic imine (C=N–C) groups is 1. The monoisotopic (exact) mass is 931 g/mol. The lowest BCUT2D eigenvalue weighted by Crippen LogP contribution is -2.47. The van der Waals surface area contributed by atoms with Crippen LogP contribution in [0.15, 0.2) is 94.3 Å². The Hall–Kier alpha value is -5.46. The third-order valence-corrected chi connectivity index (χ3v) is 14.0. The largest absolute Gasteiger partial charge is 0.454 e. The SMILES string of the molecule is CC1(C)CCC(CN2CCN(c3ccc(C(=O)NS(=O)(=O)c4ccc(NCC5CN(CC(F)F)CCO5)c([N+](=O)[O-])c4)c(Oc4cccc5c4N=CC5)c3)CC2)=C(c2ccc(Cl)cc2)C1. The maximum absolute atomic E-state index is 14.0. The van der Waals surface area contributed by atoms with Gasteiger partial charge in [-0.2, -0.15) is 0 Å². The van der Waals surface area contributed by atoms with Crippen molar-refractivity contribution in [2.45, 2.75) is 57.0 Å². The number of anilines is 2. The number of morpholine rings is 1. The zero-order chi connectivity index (χ0) is 45.9. The van der Waals surface area contributed by atoms with Crippen molar-refractivity contribution >= 4 is 62.1 Å². The second-order valence-corrected chi connectivity index (χ2v) is 19.8. The number of halogens is 3. The molecule has 4 aliphatic rings. The molecule has 0 aromatic heterocycles. The first-order chi connectivity index (χ1) is 31.1.